The molecule has 1 aromatic rings. The highest BCUT2D eigenvalue weighted by Gasteiger charge is 2.25. The van der Waals surface area contributed by atoms with Gasteiger partial charge in [-0.1, -0.05) is 13.8 Å². The van der Waals surface area contributed by atoms with E-state index in [0.29, 0.717) is 6.07 Å². The van der Waals surface area contributed by atoms with E-state index in [-0.39, 0.29) is 36.2 Å². The molecule has 0 spiro atoms. The molecule has 11 heteroatoms. The van der Waals surface area contributed by atoms with Crippen LogP contribution < -0.4 is 20.1 Å². The number of nitro groups is 1. The van der Waals surface area contributed by atoms with Gasteiger partial charge in [0, 0.05) is 25.1 Å². The van der Waals surface area contributed by atoms with Crippen LogP contribution in [0.5, 0.6) is 11.5 Å². The van der Waals surface area contributed by atoms with Gasteiger partial charge in [0.1, 0.15) is 5.56 Å². The first kappa shape index (κ1) is 21.1. The number of ether oxygens (including phenoxy) is 2. The van der Waals surface area contributed by atoms with Crippen molar-refractivity contribution in [3.63, 3.8) is 0 Å². The molecule has 0 saturated carbocycles. The van der Waals surface area contributed by atoms with Crippen molar-refractivity contribution in [2.24, 2.45) is 5.92 Å². The number of methoxy groups -OCH3 is 1. The molecule has 0 bridgehead atoms. The van der Waals surface area contributed by atoms with E-state index in [1.807, 2.05) is 0 Å². The van der Waals surface area contributed by atoms with Crippen LogP contribution in [-0.2, 0) is 4.79 Å². The molecule has 0 fully saturated rings. The van der Waals surface area contributed by atoms with Crippen molar-refractivity contribution < 1.29 is 32.8 Å². The number of halogens is 2. The van der Waals surface area contributed by atoms with Gasteiger partial charge in [-0.2, -0.15) is 8.78 Å². The number of rotatable bonds is 9. The fourth-order valence-electron chi connectivity index (χ4n) is 1.89. The fraction of sp³-hybridized carbons (Fsp3) is 0.467. The van der Waals surface area contributed by atoms with E-state index in [0.717, 1.165) is 13.2 Å². The third kappa shape index (κ3) is 5.83. The average molecular weight is 375 g/mol. The van der Waals surface area contributed by atoms with Crippen LogP contribution in [0.25, 0.3) is 0 Å². The third-order valence-corrected chi connectivity index (χ3v) is 3.17. The molecule has 0 aliphatic heterocycles. The Morgan fingerprint density at radius 1 is 1.19 bits per heavy atom. The average Bonchev–Trinajstić information content (AvgIpc) is 2.57. The van der Waals surface area contributed by atoms with Crippen LogP contribution in [-0.4, -0.2) is 43.5 Å². The van der Waals surface area contributed by atoms with Gasteiger partial charge in [-0.05, 0) is 0 Å². The van der Waals surface area contributed by atoms with Crippen molar-refractivity contribution in [2.45, 2.75) is 20.5 Å². The summed E-state index contributed by atoms with van der Waals surface area (Å²) in [4.78, 5) is 33.8. The Morgan fingerprint density at radius 3 is 2.31 bits per heavy atom. The minimum Gasteiger partial charge on any atom is -0.493 e. The lowest BCUT2D eigenvalue weighted by atomic mass is 10.1. The molecular weight excluding hydrogens is 356 g/mol. The highest BCUT2D eigenvalue weighted by molar-refractivity contribution is 5.99. The van der Waals surface area contributed by atoms with Crippen molar-refractivity contribution >= 4 is 17.5 Å². The number of nitro benzene ring substituents is 1. The second kappa shape index (κ2) is 9.49. The molecule has 0 heterocycles. The Labute approximate surface area is 147 Å². The van der Waals surface area contributed by atoms with Gasteiger partial charge in [0.2, 0.25) is 5.91 Å². The van der Waals surface area contributed by atoms with Gasteiger partial charge in [-0.15, -0.1) is 0 Å². The number of carbonyl (C=O) groups is 2. The smallest absolute Gasteiger partial charge is 0.387 e. The third-order valence-electron chi connectivity index (χ3n) is 3.17. The summed E-state index contributed by atoms with van der Waals surface area (Å²) in [5, 5.41) is 16.1. The van der Waals surface area contributed by atoms with Crippen molar-refractivity contribution in [3.05, 3.63) is 27.8 Å². The van der Waals surface area contributed by atoms with Crippen LogP contribution >= 0.6 is 0 Å². The number of amides is 2. The first-order valence-electron chi connectivity index (χ1n) is 7.54. The molecule has 2 N–H and O–H groups in total. The number of hydrogen-bond acceptors (Lipinski definition) is 6. The quantitative estimate of drug-likeness (QED) is 0.385. The summed E-state index contributed by atoms with van der Waals surface area (Å²) in [7, 11) is 1.14. The minimum atomic E-state index is -3.22. The number of benzene rings is 1. The minimum absolute atomic E-state index is 0.0199. The number of alkyl halides is 2. The highest BCUT2D eigenvalue weighted by atomic mass is 19.3. The Bertz CT molecular complexity index is 682. The first-order chi connectivity index (χ1) is 12.2. The monoisotopic (exact) mass is 375 g/mol. The van der Waals surface area contributed by atoms with Crippen LogP contribution in [0.2, 0.25) is 0 Å². The summed E-state index contributed by atoms with van der Waals surface area (Å²) in [6, 6.07) is 1.64. The van der Waals surface area contributed by atoms with Crippen molar-refractivity contribution in [1.82, 2.24) is 10.6 Å². The molecule has 0 saturated heterocycles. The molecule has 0 aliphatic carbocycles. The summed E-state index contributed by atoms with van der Waals surface area (Å²) in [5.74, 6) is -2.07. The van der Waals surface area contributed by atoms with Gasteiger partial charge >= 0.3 is 6.61 Å². The highest BCUT2D eigenvalue weighted by Crippen LogP contribution is 2.35. The number of nitrogens with zero attached hydrogens (tertiary/aromatic N) is 1. The van der Waals surface area contributed by atoms with Crippen molar-refractivity contribution in [1.29, 1.82) is 0 Å². The molecule has 9 nitrogen and oxygen atoms in total. The topological polar surface area (TPSA) is 120 Å². The van der Waals surface area contributed by atoms with Crippen LogP contribution in [0.15, 0.2) is 12.1 Å². The molecule has 26 heavy (non-hydrogen) atoms. The van der Waals surface area contributed by atoms with Gasteiger partial charge in [0.25, 0.3) is 11.6 Å². The van der Waals surface area contributed by atoms with Gasteiger partial charge in [-0.3, -0.25) is 19.7 Å². The Balaban J connectivity index is 2.94. The summed E-state index contributed by atoms with van der Waals surface area (Å²) >= 11 is 0. The fourth-order valence-corrected chi connectivity index (χ4v) is 1.89. The standard InChI is InChI=1S/C15H19F2N3O6/c1-8(2)13(21)18-4-5-19-14(22)9-6-11(25-3)12(26-15(16)17)7-10(9)20(23)24/h6-8,15H,4-5H2,1-3H3,(H,18,21)(H,19,22). The normalized spacial score (nSPS) is 10.6. The lowest BCUT2D eigenvalue weighted by Crippen LogP contribution is -2.36. The van der Waals surface area contributed by atoms with Crippen LogP contribution in [0.3, 0.4) is 0 Å². The van der Waals surface area contributed by atoms with E-state index in [2.05, 4.69) is 15.4 Å². The predicted octanol–water partition coefficient (Wildman–Crippen LogP) is 1.71. The molecule has 2 amide bonds. The Hall–Kier alpha value is -2.98. The summed E-state index contributed by atoms with van der Waals surface area (Å²) in [6.45, 7) is 0.332. The van der Waals surface area contributed by atoms with Crippen LogP contribution in [0.4, 0.5) is 14.5 Å². The number of carbonyl (C=O) groups excluding carboxylic acids is 2. The molecule has 1 rings (SSSR count). The maximum Gasteiger partial charge on any atom is 0.387 e. The molecule has 0 aromatic heterocycles. The van der Waals surface area contributed by atoms with Gasteiger partial charge in [0.15, 0.2) is 11.5 Å². The molecule has 0 unspecified atom stereocenters. The summed E-state index contributed by atoms with van der Waals surface area (Å²) in [6.07, 6.45) is 0. The second-order valence-electron chi connectivity index (χ2n) is 5.36. The van der Waals surface area contributed by atoms with Crippen molar-refractivity contribution in [2.75, 3.05) is 20.2 Å². The molecule has 1 aromatic carbocycles. The summed E-state index contributed by atoms with van der Waals surface area (Å²) in [5.41, 5.74) is -1.10. The lowest BCUT2D eigenvalue weighted by molar-refractivity contribution is -0.385. The maximum absolute atomic E-state index is 12.4. The summed E-state index contributed by atoms with van der Waals surface area (Å²) < 4.78 is 33.8. The van der Waals surface area contributed by atoms with E-state index in [4.69, 9.17) is 4.74 Å². The maximum atomic E-state index is 12.4. The van der Waals surface area contributed by atoms with Gasteiger partial charge < -0.3 is 20.1 Å². The van der Waals surface area contributed by atoms with Crippen LogP contribution in [0.1, 0.15) is 24.2 Å². The van der Waals surface area contributed by atoms with E-state index in [1.54, 1.807) is 13.8 Å². The van der Waals surface area contributed by atoms with E-state index in [9.17, 15) is 28.5 Å². The second-order valence-corrected chi connectivity index (χ2v) is 5.36. The first-order valence-corrected chi connectivity index (χ1v) is 7.54. The molecule has 0 atom stereocenters. The van der Waals surface area contributed by atoms with Gasteiger partial charge in [0.05, 0.1) is 18.1 Å². The molecule has 0 aliphatic rings. The Kier molecular flexibility index (Phi) is 7.69. The van der Waals surface area contributed by atoms with Crippen LogP contribution in [0, 0.1) is 16.0 Å². The molecule has 0 radical (unpaired) electrons. The van der Waals surface area contributed by atoms with E-state index < -0.39 is 28.9 Å². The molecule has 144 valence electrons. The molecular formula is C15H19F2N3O6. The zero-order chi connectivity index (χ0) is 19.9. The lowest BCUT2D eigenvalue weighted by Gasteiger charge is -2.12. The van der Waals surface area contributed by atoms with Gasteiger partial charge in [-0.25, -0.2) is 0 Å². The van der Waals surface area contributed by atoms with E-state index in [1.165, 1.54) is 0 Å². The predicted molar refractivity (Wildman–Crippen MR) is 86.5 cm³/mol. The SMILES string of the molecule is COc1cc(C(=O)NCCNC(=O)C(C)C)c([N+](=O)[O-])cc1OC(F)F. The number of nitrogens with one attached hydrogen (secondary N) is 2. The van der Waals surface area contributed by atoms with E-state index >= 15 is 0 Å². The largest absolute Gasteiger partial charge is 0.493 e. The van der Waals surface area contributed by atoms with Crippen molar-refractivity contribution in [3.8, 4) is 11.5 Å². The zero-order valence-corrected chi connectivity index (χ0v) is 14.4. The zero-order valence-electron chi connectivity index (χ0n) is 14.4. The number of hydrogen-bond donors (Lipinski definition) is 2. The Morgan fingerprint density at radius 2 is 1.81 bits per heavy atom.